The molecule has 1 unspecified atom stereocenters. The SMILES string of the molecule is COC(=O)/C=C/c1ccc(OCC2CO2)c(OC)c1. The number of rotatable bonds is 6. The van der Waals surface area contributed by atoms with Crippen LogP contribution in [0.3, 0.4) is 0 Å². The van der Waals surface area contributed by atoms with E-state index in [-0.39, 0.29) is 6.10 Å². The predicted molar refractivity (Wildman–Crippen MR) is 69.3 cm³/mol. The van der Waals surface area contributed by atoms with E-state index in [2.05, 4.69) is 4.74 Å². The van der Waals surface area contributed by atoms with Crippen LogP contribution in [0.5, 0.6) is 11.5 Å². The van der Waals surface area contributed by atoms with E-state index in [4.69, 9.17) is 14.2 Å². The van der Waals surface area contributed by atoms with Gasteiger partial charge in [0.1, 0.15) is 12.7 Å². The zero-order valence-corrected chi connectivity index (χ0v) is 10.9. The van der Waals surface area contributed by atoms with Crippen LogP contribution in [-0.4, -0.2) is 39.5 Å². The van der Waals surface area contributed by atoms with Crippen molar-refractivity contribution < 1.29 is 23.7 Å². The fourth-order valence-corrected chi connectivity index (χ4v) is 1.49. The van der Waals surface area contributed by atoms with Crippen molar-refractivity contribution in [3.63, 3.8) is 0 Å². The number of ether oxygens (including phenoxy) is 4. The molecule has 1 fully saturated rings. The van der Waals surface area contributed by atoms with Gasteiger partial charge in [-0.2, -0.15) is 0 Å². The van der Waals surface area contributed by atoms with Crippen LogP contribution in [0.2, 0.25) is 0 Å². The van der Waals surface area contributed by atoms with Gasteiger partial charge in [0.2, 0.25) is 0 Å². The number of esters is 1. The topological polar surface area (TPSA) is 57.3 Å². The van der Waals surface area contributed by atoms with Gasteiger partial charge in [0.25, 0.3) is 0 Å². The number of hydrogen-bond acceptors (Lipinski definition) is 5. The summed E-state index contributed by atoms with van der Waals surface area (Å²) in [6, 6.07) is 5.44. The van der Waals surface area contributed by atoms with Crippen molar-refractivity contribution in [2.75, 3.05) is 27.4 Å². The molecule has 0 spiro atoms. The maximum absolute atomic E-state index is 11.0. The van der Waals surface area contributed by atoms with Crippen LogP contribution in [0, 0.1) is 0 Å². The Morgan fingerprint density at radius 2 is 2.21 bits per heavy atom. The fraction of sp³-hybridized carbons (Fsp3) is 0.357. The molecule has 5 nitrogen and oxygen atoms in total. The lowest BCUT2D eigenvalue weighted by molar-refractivity contribution is -0.134. The number of benzene rings is 1. The molecule has 1 heterocycles. The van der Waals surface area contributed by atoms with Crippen LogP contribution in [0.15, 0.2) is 24.3 Å². The van der Waals surface area contributed by atoms with Gasteiger partial charge in [0.15, 0.2) is 11.5 Å². The van der Waals surface area contributed by atoms with Crippen molar-refractivity contribution >= 4 is 12.0 Å². The second-order valence-corrected chi connectivity index (χ2v) is 4.03. The summed E-state index contributed by atoms with van der Waals surface area (Å²) in [4.78, 5) is 11.0. The first-order valence-electron chi connectivity index (χ1n) is 5.91. The summed E-state index contributed by atoms with van der Waals surface area (Å²) >= 11 is 0. The molecule has 5 heteroatoms. The molecule has 1 saturated heterocycles. The van der Waals surface area contributed by atoms with Crippen LogP contribution in [-0.2, 0) is 14.3 Å². The average Bonchev–Trinajstić information content (AvgIpc) is 3.26. The maximum Gasteiger partial charge on any atom is 0.330 e. The molecule has 0 N–H and O–H groups in total. The Kier molecular flexibility index (Phi) is 4.41. The Hall–Kier alpha value is -2.01. The maximum atomic E-state index is 11.0. The Labute approximate surface area is 111 Å². The fourth-order valence-electron chi connectivity index (χ4n) is 1.49. The lowest BCUT2D eigenvalue weighted by Gasteiger charge is -2.10. The lowest BCUT2D eigenvalue weighted by Crippen LogP contribution is -2.05. The summed E-state index contributed by atoms with van der Waals surface area (Å²) < 4.78 is 20.4. The molecule has 0 saturated carbocycles. The molecular formula is C14H16O5. The molecule has 2 rings (SSSR count). The minimum Gasteiger partial charge on any atom is -0.493 e. The molecule has 1 atom stereocenters. The van der Waals surface area contributed by atoms with Gasteiger partial charge in [0, 0.05) is 6.08 Å². The third-order valence-electron chi connectivity index (χ3n) is 2.63. The van der Waals surface area contributed by atoms with E-state index >= 15 is 0 Å². The first kappa shape index (κ1) is 13.4. The third kappa shape index (κ3) is 3.99. The highest BCUT2D eigenvalue weighted by Gasteiger charge is 2.23. The summed E-state index contributed by atoms with van der Waals surface area (Å²) in [5, 5.41) is 0. The molecular weight excluding hydrogens is 248 g/mol. The number of carbonyl (C=O) groups excluding carboxylic acids is 1. The monoisotopic (exact) mass is 264 g/mol. The minimum atomic E-state index is -0.398. The molecule has 19 heavy (non-hydrogen) atoms. The minimum absolute atomic E-state index is 0.198. The summed E-state index contributed by atoms with van der Waals surface area (Å²) in [7, 11) is 2.91. The summed E-state index contributed by atoms with van der Waals surface area (Å²) in [5.74, 6) is 0.881. The zero-order chi connectivity index (χ0) is 13.7. The van der Waals surface area contributed by atoms with Crippen LogP contribution < -0.4 is 9.47 Å². The van der Waals surface area contributed by atoms with Crippen molar-refractivity contribution in [3.8, 4) is 11.5 Å². The summed E-state index contributed by atoms with van der Waals surface area (Å²) in [5.41, 5.74) is 0.831. The zero-order valence-electron chi connectivity index (χ0n) is 10.9. The highest BCUT2D eigenvalue weighted by molar-refractivity contribution is 5.87. The Morgan fingerprint density at radius 1 is 1.42 bits per heavy atom. The van der Waals surface area contributed by atoms with Gasteiger partial charge in [-0.3, -0.25) is 0 Å². The first-order chi connectivity index (χ1) is 9.22. The van der Waals surface area contributed by atoms with E-state index in [1.165, 1.54) is 13.2 Å². The summed E-state index contributed by atoms with van der Waals surface area (Å²) in [6.45, 7) is 1.27. The van der Waals surface area contributed by atoms with E-state index in [0.717, 1.165) is 12.2 Å². The van der Waals surface area contributed by atoms with E-state index in [0.29, 0.717) is 18.1 Å². The molecule has 1 aliphatic heterocycles. The van der Waals surface area contributed by atoms with Crippen molar-refractivity contribution in [1.29, 1.82) is 0 Å². The lowest BCUT2D eigenvalue weighted by atomic mass is 10.2. The van der Waals surface area contributed by atoms with Crippen molar-refractivity contribution in [3.05, 3.63) is 29.8 Å². The van der Waals surface area contributed by atoms with Crippen LogP contribution in [0.1, 0.15) is 5.56 Å². The second-order valence-electron chi connectivity index (χ2n) is 4.03. The normalized spacial score (nSPS) is 17.3. The van der Waals surface area contributed by atoms with Crippen molar-refractivity contribution in [2.24, 2.45) is 0 Å². The largest absolute Gasteiger partial charge is 0.493 e. The van der Waals surface area contributed by atoms with Gasteiger partial charge in [-0.25, -0.2) is 4.79 Å². The van der Waals surface area contributed by atoms with Crippen LogP contribution >= 0.6 is 0 Å². The highest BCUT2D eigenvalue weighted by atomic mass is 16.6. The van der Waals surface area contributed by atoms with Gasteiger partial charge < -0.3 is 18.9 Å². The molecule has 102 valence electrons. The standard InChI is InChI=1S/C14H16O5/c1-16-13-7-10(4-6-14(15)17-2)3-5-12(13)19-9-11-8-18-11/h3-7,11H,8-9H2,1-2H3/b6-4+. The number of hydrogen-bond donors (Lipinski definition) is 0. The summed E-state index contributed by atoms with van der Waals surface area (Å²) in [6.07, 6.45) is 3.21. The quantitative estimate of drug-likeness (QED) is 0.444. The predicted octanol–water partition coefficient (Wildman–Crippen LogP) is 1.66. The molecule has 0 bridgehead atoms. The average molecular weight is 264 g/mol. The number of epoxide rings is 1. The van der Waals surface area contributed by atoms with Gasteiger partial charge in [0.05, 0.1) is 20.8 Å². The van der Waals surface area contributed by atoms with Crippen LogP contribution in [0.4, 0.5) is 0 Å². The van der Waals surface area contributed by atoms with Gasteiger partial charge >= 0.3 is 5.97 Å². The Balaban J connectivity index is 2.05. The second kappa shape index (κ2) is 6.24. The molecule has 0 radical (unpaired) electrons. The van der Waals surface area contributed by atoms with E-state index in [9.17, 15) is 4.79 Å². The third-order valence-corrected chi connectivity index (χ3v) is 2.63. The Morgan fingerprint density at radius 3 is 2.84 bits per heavy atom. The highest BCUT2D eigenvalue weighted by Crippen LogP contribution is 2.29. The van der Waals surface area contributed by atoms with Gasteiger partial charge in [-0.15, -0.1) is 0 Å². The number of methoxy groups -OCH3 is 2. The molecule has 0 aliphatic carbocycles. The molecule has 0 aromatic heterocycles. The van der Waals surface area contributed by atoms with Crippen molar-refractivity contribution in [1.82, 2.24) is 0 Å². The Bertz CT molecular complexity index is 477. The van der Waals surface area contributed by atoms with Gasteiger partial charge in [-0.05, 0) is 23.8 Å². The first-order valence-corrected chi connectivity index (χ1v) is 5.91. The van der Waals surface area contributed by atoms with E-state index in [1.54, 1.807) is 25.3 Å². The van der Waals surface area contributed by atoms with Crippen LogP contribution in [0.25, 0.3) is 6.08 Å². The molecule has 1 aromatic carbocycles. The van der Waals surface area contributed by atoms with E-state index < -0.39 is 5.97 Å². The van der Waals surface area contributed by atoms with E-state index in [1.807, 2.05) is 6.07 Å². The molecule has 1 aliphatic rings. The molecule has 1 aromatic rings. The van der Waals surface area contributed by atoms with Crippen molar-refractivity contribution in [2.45, 2.75) is 6.10 Å². The smallest absolute Gasteiger partial charge is 0.330 e. The number of carbonyl (C=O) groups is 1. The van der Waals surface area contributed by atoms with Gasteiger partial charge in [-0.1, -0.05) is 6.07 Å². The molecule has 0 amide bonds.